The third-order valence-electron chi connectivity index (χ3n) is 2.78. The minimum atomic E-state index is -0.543. The lowest BCUT2D eigenvalue weighted by Gasteiger charge is -2.11. The molecular weight excluding hydrogens is 288 g/mol. The first-order valence-electron chi connectivity index (χ1n) is 6.58. The summed E-state index contributed by atoms with van der Waals surface area (Å²) in [6.45, 7) is 2.11. The first-order chi connectivity index (χ1) is 10.2. The molecule has 0 bridgehead atoms. The summed E-state index contributed by atoms with van der Waals surface area (Å²) in [5.41, 5.74) is 1.47. The van der Waals surface area contributed by atoms with Crippen molar-refractivity contribution in [3.63, 3.8) is 0 Å². The summed E-state index contributed by atoms with van der Waals surface area (Å²) in [5, 5.41) is 0.358. The minimum absolute atomic E-state index is 0.326. The normalized spacial score (nSPS) is 12.3. The average molecular weight is 303 g/mol. The van der Waals surface area contributed by atoms with Gasteiger partial charge in [-0.25, -0.2) is 4.98 Å². The topological polar surface area (TPSA) is 51.5 Å². The van der Waals surface area contributed by atoms with Crippen molar-refractivity contribution in [2.45, 2.75) is 12.8 Å². The number of carbonyl (C=O) groups excluding carboxylic acids is 1. The summed E-state index contributed by atoms with van der Waals surface area (Å²) in [6, 6.07) is 12.7. The standard InChI is InChI=1S/C16H15ClN2O2/c1-2-21-16(20)14(12-6-4-3-5-7-12)11-19-13-8-9-18-15(17)10-13/h3-11,14H,2H2,1H3. The lowest BCUT2D eigenvalue weighted by molar-refractivity contribution is -0.143. The van der Waals surface area contributed by atoms with Crippen LogP contribution in [0, 0.1) is 0 Å². The van der Waals surface area contributed by atoms with Crippen molar-refractivity contribution in [3.8, 4) is 0 Å². The first kappa shape index (κ1) is 15.2. The molecule has 0 amide bonds. The number of ether oxygens (including phenoxy) is 1. The van der Waals surface area contributed by atoms with Crippen molar-refractivity contribution in [3.05, 3.63) is 59.4 Å². The zero-order chi connectivity index (χ0) is 15.1. The van der Waals surface area contributed by atoms with Crippen molar-refractivity contribution in [2.75, 3.05) is 6.61 Å². The van der Waals surface area contributed by atoms with E-state index < -0.39 is 5.92 Å². The molecule has 0 N–H and O–H groups in total. The van der Waals surface area contributed by atoms with Gasteiger partial charge in [0, 0.05) is 18.5 Å². The molecule has 21 heavy (non-hydrogen) atoms. The van der Waals surface area contributed by atoms with Crippen molar-refractivity contribution in [2.24, 2.45) is 4.99 Å². The molecular formula is C16H15ClN2O2. The van der Waals surface area contributed by atoms with Crippen molar-refractivity contribution < 1.29 is 9.53 Å². The number of aromatic nitrogens is 1. The largest absolute Gasteiger partial charge is 0.465 e. The molecule has 1 aromatic carbocycles. The number of halogens is 1. The highest BCUT2D eigenvalue weighted by Gasteiger charge is 2.19. The van der Waals surface area contributed by atoms with Gasteiger partial charge in [-0.05, 0) is 18.6 Å². The van der Waals surface area contributed by atoms with Crippen molar-refractivity contribution in [1.29, 1.82) is 0 Å². The molecule has 2 aromatic rings. The smallest absolute Gasteiger partial charge is 0.318 e. The maximum Gasteiger partial charge on any atom is 0.318 e. The van der Waals surface area contributed by atoms with E-state index in [1.165, 1.54) is 0 Å². The summed E-state index contributed by atoms with van der Waals surface area (Å²) < 4.78 is 5.10. The summed E-state index contributed by atoms with van der Waals surface area (Å²) in [7, 11) is 0. The molecule has 0 saturated carbocycles. The van der Waals surface area contributed by atoms with Crippen LogP contribution >= 0.6 is 11.6 Å². The highest BCUT2D eigenvalue weighted by atomic mass is 35.5. The molecule has 0 fully saturated rings. The van der Waals surface area contributed by atoms with Gasteiger partial charge < -0.3 is 4.74 Å². The molecule has 108 valence electrons. The quantitative estimate of drug-likeness (QED) is 0.480. The summed E-state index contributed by atoms with van der Waals surface area (Å²) in [4.78, 5) is 20.3. The predicted octanol–water partition coefficient (Wildman–Crippen LogP) is 3.78. The van der Waals surface area contributed by atoms with Crippen LogP contribution in [-0.2, 0) is 9.53 Å². The third-order valence-corrected chi connectivity index (χ3v) is 2.99. The molecule has 1 aromatic heterocycles. The zero-order valence-electron chi connectivity index (χ0n) is 11.6. The van der Waals surface area contributed by atoms with Gasteiger partial charge >= 0.3 is 5.97 Å². The van der Waals surface area contributed by atoms with Crippen LogP contribution in [-0.4, -0.2) is 23.8 Å². The number of nitrogens with zero attached hydrogens (tertiary/aromatic N) is 2. The molecule has 0 radical (unpaired) electrons. The van der Waals surface area contributed by atoms with Gasteiger partial charge in [0.25, 0.3) is 0 Å². The first-order valence-corrected chi connectivity index (χ1v) is 6.96. The van der Waals surface area contributed by atoms with E-state index >= 15 is 0 Å². The fourth-order valence-electron chi connectivity index (χ4n) is 1.81. The number of rotatable bonds is 5. The van der Waals surface area contributed by atoms with Gasteiger partial charge in [-0.2, -0.15) is 0 Å². The number of esters is 1. The van der Waals surface area contributed by atoms with Gasteiger partial charge in [0.05, 0.1) is 12.3 Å². The van der Waals surface area contributed by atoms with Crippen LogP contribution in [0.25, 0.3) is 0 Å². The van der Waals surface area contributed by atoms with E-state index in [0.717, 1.165) is 5.56 Å². The fraction of sp³-hybridized carbons (Fsp3) is 0.188. The molecule has 0 aliphatic rings. The van der Waals surface area contributed by atoms with Crippen LogP contribution in [0.2, 0.25) is 5.15 Å². The monoisotopic (exact) mass is 302 g/mol. The van der Waals surface area contributed by atoms with Gasteiger partial charge in [0.1, 0.15) is 11.1 Å². The van der Waals surface area contributed by atoms with Gasteiger partial charge in [-0.1, -0.05) is 41.9 Å². The molecule has 2 rings (SSSR count). The molecule has 1 heterocycles. The molecule has 5 heteroatoms. The number of pyridine rings is 1. The Hall–Kier alpha value is -2.20. The Kier molecular flexibility index (Phi) is 5.46. The second-order valence-electron chi connectivity index (χ2n) is 4.26. The van der Waals surface area contributed by atoms with E-state index in [9.17, 15) is 4.79 Å². The maximum atomic E-state index is 12.1. The van der Waals surface area contributed by atoms with Crippen LogP contribution in [0.3, 0.4) is 0 Å². The Balaban J connectivity index is 2.26. The Morgan fingerprint density at radius 2 is 2.14 bits per heavy atom. The Morgan fingerprint density at radius 1 is 1.38 bits per heavy atom. The molecule has 0 saturated heterocycles. The average Bonchev–Trinajstić information content (AvgIpc) is 2.49. The van der Waals surface area contributed by atoms with E-state index in [1.807, 2.05) is 30.3 Å². The number of benzene rings is 1. The fourth-order valence-corrected chi connectivity index (χ4v) is 1.98. The Morgan fingerprint density at radius 3 is 2.81 bits per heavy atom. The van der Waals surface area contributed by atoms with Gasteiger partial charge in [-0.3, -0.25) is 9.79 Å². The van der Waals surface area contributed by atoms with E-state index in [1.54, 1.807) is 31.5 Å². The SMILES string of the molecule is CCOC(=O)C(C=Nc1ccnc(Cl)c1)c1ccccc1. The van der Waals surface area contributed by atoms with Crippen molar-refractivity contribution in [1.82, 2.24) is 4.98 Å². The molecule has 1 atom stereocenters. The molecule has 1 unspecified atom stereocenters. The van der Waals surface area contributed by atoms with Crippen LogP contribution in [0.5, 0.6) is 0 Å². The van der Waals surface area contributed by atoms with Gasteiger partial charge in [0.15, 0.2) is 0 Å². The van der Waals surface area contributed by atoms with Crippen LogP contribution < -0.4 is 0 Å². The Labute approximate surface area is 128 Å². The summed E-state index contributed by atoms with van der Waals surface area (Å²) in [6.07, 6.45) is 3.13. The van der Waals surface area contributed by atoms with E-state index in [-0.39, 0.29) is 5.97 Å². The maximum absolute atomic E-state index is 12.1. The lowest BCUT2D eigenvalue weighted by atomic mass is 10.0. The Bertz CT molecular complexity index is 629. The zero-order valence-corrected chi connectivity index (χ0v) is 12.3. The molecule has 0 spiro atoms. The van der Waals surface area contributed by atoms with E-state index in [0.29, 0.717) is 17.4 Å². The van der Waals surface area contributed by atoms with E-state index in [4.69, 9.17) is 16.3 Å². The summed E-state index contributed by atoms with van der Waals surface area (Å²) >= 11 is 5.81. The highest BCUT2D eigenvalue weighted by Crippen LogP contribution is 2.19. The second kappa shape index (κ2) is 7.55. The second-order valence-corrected chi connectivity index (χ2v) is 4.64. The predicted molar refractivity (Wildman–Crippen MR) is 83.2 cm³/mol. The third kappa shape index (κ3) is 4.39. The van der Waals surface area contributed by atoms with Crippen molar-refractivity contribution >= 4 is 29.5 Å². The van der Waals surface area contributed by atoms with Crippen LogP contribution in [0.1, 0.15) is 18.4 Å². The molecule has 0 aliphatic carbocycles. The number of hydrogen-bond donors (Lipinski definition) is 0. The lowest BCUT2D eigenvalue weighted by Crippen LogP contribution is -2.17. The highest BCUT2D eigenvalue weighted by molar-refractivity contribution is 6.29. The molecule has 4 nitrogen and oxygen atoms in total. The van der Waals surface area contributed by atoms with Crippen LogP contribution in [0.15, 0.2) is 53.7 Å². The van der Waals surface area contributed by atoms with Crippen LogP contribution in [0.4, 0.5) is 5.69 Å². The van der Waals surface area contributed by atoms with Gasteiger partial charge in [0.2, 0.25) is 0 Å². The van der Waals surface area contributed by atoms with E-state index in [2.05, 4.69) is 9.98 Å². The van der Waals surface area contributed by atoms with Gasteiger partial charge in [-0.15, -0.1) is 0 Å². The number of hydrogen-bond acceptors (Lipinski definition) is 4. The number of carbonyl (C=O) groups is 1. The minimum Gasteiger partial charge on any atom is -0.465 e. The number of aliphatic imine (C=N–C) groups is 1. The summed E-state index contributed by atoms with van der Waals surface area (Å²) in [5.74, 6) is -0.870. The molecule has 0 aliphatic heterocycles.